The highest BCUT2D eigenvalue weighted by Gasteiger charge is 2.17. The third-order valence-electron chi connectivity index (χ3n) is 2.92. The standard InChI is InChI=1S/C14H14BrFN2/c1-8-6-7-10(9(2)18-8)14(17)11-4-3-5-12(15)13(11)16/h3-7,14H,17H2,1-2H3. The van der Waals surface area contributed by atoms with Crippen molar-refractivity contribution in [3.8, 4) is 0 Å². The topological polar surface area (TPSA) is 38.9 Å². The zero-order valence-corrected chi connectivity index (χ0v) is 11.8. The summed E-state index contributed by atoms with van der Waals surface area (Å²) in [7, 11) is 0. The molecule has 0 aliphatic heterocycles. The summed E-state index contributed by atoms with van der Waals surface area (Å²) < 4.78 is 14.4. The molecule has 4 heteroatoms. The van der Waals surface area contributed by atoms with Gasteiger partial charge in [-0.05, 0) is 47.5 Å². The zero-order chi connectivity index (χ0) is 13.3. The molecule has 0 spiro atoms. The van der Waals surface area contributed by atoms with Gasteiger partial charge < -0.3 is 5.73 Å². The Morgan fingerprint density at radius 1 is 1.17 bits per heavy atom. The predicted molar refractivity (Wildman–Crippen MR) is 73.8 cm³/mol. The van der Waals surface area contributed by atoms with Gasteiger partial charge in [-0.15, -0.1) is 0 Å². The van der Waals surface area contributed by atoms with Crippen molar-refractivity contribution in [2.45, 2.75) is 19.9 Å². The second kappa shape index (κ2) is 5.16. The molecular weight excluding hydrogens is 295 g/mol. The van der Waals surface area contributed by atoms with Gasteiger partial charge in [-0.1, -0.05) is 18.2 Å². The summed E-state index contributed by atoms with van der Waals surface area (Å²) in [6, 6.07) is 8.42. The average Bonchev–Trinajstić information content (AvgIpc) is 2.32. The van der Waals surface area contributed by atoms with Crippen molar-refractivity contribution in [2.75, 3.05) is 0 Å². The number of rotatable bonds is 2. The first-order chi connectivity index (χ1) is 8.50. The van der Waals surface area contributed by atoms with Crippen LogP contribution in [0.4, 0.5) is 4.39 Å². The molecule has 1 aromatic carbocycles. The van der Waals surface area contributed by atoms with Gasteiger partial charge in [0.25, 0.3) is 0 Å². The van der Waals surface area contributed by atoms with Crippen molar-refractivity contribution in [1.29, 1.82) is 0 Å². The Balaban J connectivity index is 2.48. The number of aryl methyl sites for hydroxylation is 2. The lowest BCUT2D eigenvalue weighted by Gasteiger charge is -2.16. The monoisotopic (exact) mass is 308 g/mol. The van der Waals surface area contributed by atoms with E-state index in [2.05, 4.69) is 20.9 Å². The Hall–Kier alpha value is -1.26. The second-order valence-electron chi connectivity index (χ2n) is 4.25. The maximum atomic E-state index is 14.0. The van der Waals surface area contributed by atoms with E-state index in [1.54, 1.807) is 18.2 Å². The van der Waals surface area contributed by atoms with E-state index in [-0.39, 0.29) is 5.82 Å². The van der Waals surface area contributed by atoms with Crippen LogP contribution in [0.3, 0.4) is 0 Å². The Labute approximate surface area is 114 Å². The lowest BCUT2D eigenvalue weighted by molar-refractivity contribution is 0.592. The van der Waals surface area contributed by atoms with Gasteiger partial charge in [-0.25, -0.2) is 4.39 Å². The van der Waals surface area contributed by atoms with Crippen LogP contribution in [0.2, 0.25) is 0 Å². The highest BCUT2D eigenvalue weighted by atomic mass is 79.9. The van der Waals surface area contributed by atoms with Crippen molar-refractivity contribution in [1.82, 2.24) is 4.98 Å². The fourth-order valence-electron chi connectivity index (χ4n) is 1.95. The molecule has 0 bridgehead atoms. The van der Waals surface area contributed by atoms with Gasteiger partial charge in [0.2, 0.25) is 0 Å². The van der Waals surface area contributed by atoms with Gasteiger partial charge in [0.1, 0.15) is 5.82 Å². The Morgan fingerprint density at radius 3 is 2.56 bits per heavy atom. The normalized spacial score (nSPS) is 12.5. The number of hydrogen-bond donors (Lipinski definition) is 1. The summed E-state index contributed by atoms with van der Waals surface area (Å²) in [4.78, 5) is 4.36. The molecule has 0 amide bonds. The Bertz CT molecular complexity index is 584. The van der Waals surface area contributed by atoms with Gasteiger partial charge in [0, 0.05) is 17.0 Å². The van der Waals surface area contributed by atoms with Crippen LogP contribution in [-0.4, -0.2) is 4.98 Å². The van der Waals surface area contributed by atoms with Crippen LogP contribution in [0.5, 0.6) is 0 Å². The van der Waals surface area contributed by atoms with Gasteiger partial charge in [-0.2, -0.15) is 0 Å². The number of halogens is 2. The van der Waals surface area contributed by atoms with Crippen LogP contribution in [-0.2, 0) is 0 Å². The van der Waals surface area contributed by atoms with Crippen molar-refractivity contribution in [2.24, 2.45) is 5.73 Å². The summed E-state index contributed by atoms with van der Waals surface area (Å²) in [6.07, 6.45) is 0. The van der Waals surface area contributed by atoms with E-state index in [9.17, 15) is 4.39 Å². The zero-order valence-electron chi connectivity index (χ0n) is 10.2. The van der Waals surface area contributed by atoms with Crippen molar-refractivity contribution >= 4 is 15.9 Å². The molecule has 0 radical (unpaired) electrons. The molecule has 2 N–H and O–H groups in total. The summed E-state index contributed by atoms with van der Waals surface area (Å²) in [5, 5.41) is 0. The summed E-state index contributed by atoms with van der Waals surface area (Å²) in [5.41, 5.74) is 9.22. The molecule has 0 saturated heterocycles. The lowest BCUT2D eigenvalue weighted by atomic mass is 9.98. The summed E-state index contributed by atoms with van der Waals surface area (Å²) >= 11 is 3.17. The third-order valence-corrected chi connectivity index (χ3v) is 3.53. The predicted octanol–water partition coefficient (Wildman–Crippen LogP) is 3.65. The molecular formula is C14H14BrFN2. The van der Waals surface area contributed by atoms with Gasteiger partial charge >= 0.3 is 0 Å². The number of benzene rings is 1. The minimum Gasteiger partial charge on any atom is -0.320 e. The molecule has 94 valence electrons. The van der Waals surface area contributed by atoms with E-state index in [1.807, 2.05) is 26.0 Å². The first-order valence-corrected chi connectivity index (χ1v) is 6.43. The molecule has 0 fully saturated rings. The molecule has 1 atom stereocenters. The Morgan fingerprint density at radius 2 is 1.89 bits per heavy atom. The number of hydrogen-bond acceptors (Lipinski definition) is 2. The largest absolute Gasteiger partial charge is 0.320 e. The van der Waals surface area contributed by atoms with Crippen molar-refractivity contribution in [3.63, 3.8) is 0 Å². The first kappa shape index (κ1) is 13.2. The smallest absolute Gasteiger partial charge is 0.142 e. The van der Waals surface area contributed by atoms with Crippen LogP contribution in [0.15, 0.2) is 34.8 Å². The minimum absolute atomic E-state index is 0.315. The van der Waals surface area contributed by atoms with Gasteiger partial charge in [0.15, 0.2) is 0 Å². The van der Waals surface area contributed by atoms with E-state index in [0.717, 1.165) is 17.0 Å². The first-order valence-electron chi connectivity index (χ1n) is 5.64. The van der Waals surface area contributed by atoms with Crippen LogP contribution in [0, 0.1) is 19.7 Å². The number of aromatic nitrogens is 1. The van der Waals surface area contributed by atoms with E-state index in [1.165, 1.54) is 0 Å². The Kier molecular flexibility index (Phi) is 3.78. The fraction of sp³-hybridized carbons (Fsp3) is 0.214. The molecule has 1 unspecified atom stereocenters. The van der Waals surface area contributed by atoms with Crippen LogP contribution < -0.4 is 5.73 Å². The molecule has 2 nitrogen and oxygen atoms in total. The molecule has 0 saturated carbocycles. The fourth-order valence-corrected chi connectivity index (χ4v) is 2.34. The summed E-state index contributed by atoms with van der Waals surface area (Å²) in [5.74, 6) is -0.315. The number of nitrogens with two attached hydrogens (primary N) is 1. The quantitative estimate of drug-likeness (QED) is 0.919. The van der Waals surface area contributed by atoms with Crippen LogP contribution in [0.1, 0.15) is 28.6 Å². The van der Waals surface area contributed by atoms with Gasteiger partial charge in [0.05, 0.1) is 10.5 Å². The molecule has 2 aromatic rings. The van der Waals surface area contributed by atoms with E-state index >= 15 is 0 Å². The minimum atomic E-state index is -0.504. The molecule has 2 rings (SSSR count). The summed E-state index contributed by atoms with van der Waals surface area (Å²) in [6.45, 7) is 3.81. The molecule has 18 heavy (non-hydrogen) atoms. The van der Waals surface area contributed by atoms with E-state index in [0.29, 0.717) is 10.0 Å². The lowest BCUT2D eigenvalue weighted by Crippen LogP contribution is -2.16. The number of nitrogens with zero attached hydrogens (tertiary/aromatic N) is 1. The molecule has 0 aliphatic carbocycles. The highest BCUT2D eigenvalue weighted by molar-refractivity contribution is 9.10. The number of pyridine rings is 1. The highest BCUT2D eigenvalue weighted by Crippen LogP contribution is 2.27. The third kappa shape index (κ3) is 2.44. The van der Waals surface area contributed by atoms with Crippen LogP contribution >= 0.6 is 15.9 Å². The van der Waals surface area contributed by atoms with E-state index < -0.39 is 6.04 Å². The second-order valence-corrected chi connectivity index (χ2v) is 5.10. The van der Waals surface area contributed by atoms with Gasteiger partial charge in [-0.3, -0.25) is 4.98 Å². The van der Waals surface area contributed by atoms with Crippen LogP contribution in [0.25, 0.3) is 0 Å². The molecule has 1 heterocycles. The SMILES string of the molecule is Cc1ccc(C(N)c2cccc(Br)c2F)c(C)n1. The maximum Gasteiger partial charge on any atom is 0.142 e. The molecule has 1 aromatic heterocycles. The van der Waals surface area contributed by atoms with Crippen molar-refractivity contribution < 1.29 is 4.39 Å². The van der Waals surface area contributed by atoms with Crippen molar-refractivity contribution in [3.05, 3.63) is 63.1 Å². The van der Waals surface area contributed by atoms with E-state index in [4.69, 9.17) is 5.73 Å². The maximum absolute atomic E-state index is 14.0. The molecule has 0 aliphatic rings. The average molecular weight is 309 g/mol.